The van der Waals surface area contributed by atoms with E-state index in [2.05, 4.69) is 10.6 Å². The Labute approximate surface area is 147 Å². The molecule has 0 saturated carbocycles. The van der Waals surface area contributed by atoms with Crippen LogP contribution in [0.3, 0.4) is 0 Å². The number of fused-ring (bicyclic) bond motifs is 1. The molecule has 5 heteroatoms. The number of carbonyl (C=O) groups excluding carboxylic acids is 2. The summed E-state index contributed by atoms with van der Waals surface area (Å²) >= 11 is 0. The minimum Gasteiger partial charge on any atom is -0.494 e. The normalized spacial score (nSPS) is 13.8. The van der Waals surface area contributed by atoms with Crippen LogP contribution < -0.4 is 15.4 Å². The predicted octanol–water partition coefficient (Wildman–Crippen LogP) is 3.38. The maximum Gasteiger partial charge on any atom is 0.251 e. The molecule has 1 atom stereocenters. The Balaban J connectivity index is 1.78. The predicted molar refractivity (Wildman–Crippen MR) is 97.0 cm³/mol. The molecule has 0 aliphatic carbocycles. The molecule has 130 valence electrons. The number of aryl methyl sites for hydroxylation is 1. The van der Waals surface area contributed by atoms with Crippen LogP contribution >= 0.6 is 0 Å². The molecular formula is C20H22N2O3. The number of anilines is 1. The quantitative estimate of drug-likeness (QED) is 0.878. The third kappa shape index (κ3) is 3.65. The fourth-order valence-electron chi connectivity index (χ4n) is 3.02. The van der Waals surface area contributed by atoms with E-state index in [1.165, 1.54) is 0 Å². The number of hydrogen-bond donors (Lipinski definition) is 2. The third-order valence-corrected chi connectivity index (χ3v) is 4.27. The number of amides is 2. The molecule has 2 N–H and O–H groups in total. The molecule has 25 heavy (non-hydrogen) atoms. The van der Waals surface area contributed by atoms with E-state index in [1.54, 1.807) is 18.2 Å². The van der Waals surface area contributed by atoms with Gasteiger partial charge >= 0.3 is 0 Å². The lowest BCUT2D eigenvalue weighted by Gasteiger charge is -2.19. The van der Waals surface area contributed by atoms with Crippen molar-refractivity contribution in [3.63, 3.8) is 0 Å². The highest BCUT2D eigenvalue weighted by atomic mass is 16.5. The van der Waals surface area contributed by atoms with Gasteiger partial charge in [0, 0.05) is 16.8 Å². The maximum absolute atomic E-state index is 12.6. The smallest absolute Gasteiger partial charge is 0.251 e. The molecular weight excluding hydrogens is 316 g/mol. The van der Waals surface area contributed by atoms with Gasteiger partial charge in [0.2, 0.25) is 5.91 Å². The van der Waals surface area contributed by atoms with E-state index in [1.807, 2.05) is 39.0 Å². The van der Waals surface area contributed by atoms with Gasteiger partial charge in [0.05, 0.1) is 19.1 Å². The Hall–Kier alpha value is -2.82. The van der Waals surface area contributed by atoms with Crippen molar-refractivity contribution in [1.82, 2.24) is 5.32 Å². The number of rotatable bonds is 5. The van der Waals surface area contributed by atoms with Gasteiger partial charge in [-0.05, 0) is 50.6 Å². The molecule has 1 aliphatic rings. The summed E-state index contributed by atoms with van der Waals surface area (Å²) in [5, 5.41) is 5.79. The molecule has 0 spiro atoms. The highest BCUT2D eigenvalue weighted by Gasteiger charge is 2.20. The Morgan fingerprint density at radius 1 is 1.28 bits per heavy atom. The lowest BCUT2D eigenvalue weighted by Crippen LogP contribution is -2.27. The fourth-order valence-corrected chi connectivity index (χ4v) is 3.02. The molecule has 0 saturated heterocycles. The van der Waals surface area contributed by atoms with Crippen molar-refractivity contribution in [2.75, 3.05) is 11.9 Å². The van der Waals surface area contributed by atoms with E-state index in [0.717, 1.165) is 28.1 Å². The molecule has 0 bridgehead atoms. The van der Waals surface area contributed by atoms with Gasteiger partial charge < -0.3 is 15.4 Å². The minimum atomic E-state index is -0.193. The van der Waals surface area contributed by atoms with Crippen molar-refractivity contribution in [1.29, 1.82) is 0 Å². The average Bonchev–Trinajstić information content (AvgIpc) is 2.95. The Morgan fingerprint density at radius 3 is 2.84 bits per heavy atom. The maximum atomic E-state index is 12.6. The zero-order chi connectivity index (χ0) is 18.0. The van der Waals surface area contributed by atoms with Gasteiger partial charge in [-0.3, -0.25) is 9.59 Å². The average molecular weight is 338 g/mol. The molecule has 0 fully saturated rings. The summed E-state index contributed by atoms with van der Waals surface area (Å²) in [7, 11) is 0. The Bertz CT molecular complexity index is 830. The summed E-state index contributed by atoms with van der Waals surface area (Å²) in [5.74, 6) is 0.574. The summed E-state index contributed by atoms with van der Waals surface area (Å²) in [6.07, 6.45) is 0.318. The largest absolute Gasteiger partial charge is 0.494 e. The number of benzene rings is 2. The first-order valence-corrected chi connectivity index (χ1v) is 8.45. The van der Waals surface area contributed by atoms with Crippen molar-refractivity contribution >= 4 is 17.5 Å². The highest BCUT2D eigenvalue weighted by Crippen LogP contribution is 2.28. The van der Waals surface area contributed by atoms with Crippen LogP contribution in [0, 0.1) is 6.92 Å². The zero-order valence-corrected chi connectivity index (χ0v) is 14.7. The molecule has 3 rings (SSSR count). The van der Waals surface area contributed by atoms with Gasteiger partial charge in [0.1, 0.15) is 5.75 Å². The number of ether oxygens (including phenoxy) is 1. The van der Waals surface area contributed by atoms with Crippen molar-refractivity contribution in [3.8, 4) is 5.75 Å². The first kappa shape index (κ1) is 17.0. The van der Waals surface area contributed by atoms with Crippen LogP contribution in [-0.4, -0.2) is 18.4 Å². The molecule has 2 aromatic carbocycles. The molecule has 0 aromatic heterocycles. The topological polar surface area (TPSA) is 67.4 Å². The van der Waals surface area contributed by atoms with Gasteiger partial charge in [0.25, 0.3) is 5.91 Å². The van der Waals surface area contributed by atoms with Crippen LogP contribution in [0.1, 0.15) is 46.9 Å². The van der Waals surface area contributed by atoms with Crippen LogP contribution in [0.5, 0.6) is 5.75 Å². The minimum absolute atomic E-state index is 0.0398. The van der Waals surface area contributed by atoms with Crippen LogP contribution in [0.4, 0.5) is 5.69 Å². The molecule has 2 amide bonds. The molecule has 1 unspecified atom stereocenters. The van der Waals surface area contributed by atoms with Gasteiger partial charge in [-0.2, -0.15) is 0 Å². The van der Waals surface area contributed by atoms with E-state index < -0.39 is 0 Å². The summed E-state index contributed by atoms with van der Waals surface area (Å²) in [6, 6.07) is 11.0. The van der Waals surface area contributed by atoms with Crippen molar-refractivity contribution in [2.45, 2.75) is 33.2 Å². The summed E-state index contributed by atoms with van der Waals surface area (Å²) < 4.78 is 5.68. The molecule has 0 radical (unpaired) electrons. The van der Waals surface area contributed by atoms with Crippen molar-refractivity contribution < 1.29 is 14.3 Å². The van der Waals surface area contributed by atoms with Gasteiger partial charge in [-0.1, -0.05) is 17.7 Å². The third-order valence-electron chi connectivity index (χ3n) is 4.27. The van der Waals surface area contributed by atoms with Gasteiger partial charge in [-0.25, -0.2) is 0 Å². The van der Waals surface area contributed by atoms with E-state index in [0.29, 0.717) is 18.6 Å². The van der Waals surface area contributed by atoms with E-state index in [4.69, 9.17) is 4.74 Å². The second-order valence-electron chi connectivity index (χ2n) is 6.27. The van der Waals surface area contributed by atoms with E-state index in [-0.39, 0.29) is 17.9 Å². The molecule has 1 heterocycles. The molecule has 2 aromatic rings. The Morgan fingerprint density at radius 2 is 2.08 bits per heavy atom. The molecule has 5 nitrogen and oxygen atoms in total. The lowest BCUT2D eigenvalue weighted by atomic mass is 10.0. The number of carbonyl (C=O) groups is 2. The van der Waals surface area contributed by atoms with Crippen LogP contribution in [0.15, 0.2) is 36.4 Å². The fraction of sp³-hybridized carbons (Fsp3) is 0.300. The van der Waals surface area contributed by atoms with E-state index >= 15 is 0 Å². The van der Waals surface area contributed by atoms with Crippen LogP contribution in [-0.2, 0) is 11.2 Å². The zero-order valence-electron chi connectivity index (χ0n) is 14.7. The van der Waals surface area contributed by atoms with Gasteiger partial charge in [-0.15, -0.1) is 0 Å². The monoisotopic (exact) mass is 338 g/mol. The van der Waals surface area contributed by atoms with E-state index in [9.17, 15) is 9.59 Å². The van der Waals surface area contributed by atoms with Gasteiger partial charge in [0.15, 0.2) is 0 Å². The van der Waals surface area contributed by atoms with Crippen LogP contribution in [0.2, 0.25) is 0 Å². The first-order valence-electron chi connectivity index (χ1n) is 8.45. The first-order chi connectivity index (χ1) is 12.0. The lowest BCUT2D eigenvalue weighted by molar-refractivity contribution is -0.115. The second-order valence-corrected chi connectivity index (χ2v) is 6.27. The Kier molecular flexibility index (Phi) is 4.74. The van der Waals surface area contributed by atoms with Crippen molar-refractivity contribution in [3.05, 3.63) is 58.7 Å². The summed E-state index contributed by atoms with van der Waals surface area (Å²) in [4.78, 5) is 24.1. The van der Waals surface area contributed by atoms with Crippen molar-refractivity contribution in [2.24, 2.45) is 0 Å². The highest BCUT2D eigenvalue weighted by molar-refractivity contribution is 6.01. The number of hydrogen-bond acceptors (Lipinski definition) is 3. The summed E-state index contributed by atoms with van der Waals surface area (Å²) in [5.41, 5.74) is 4.25. The number of nitrogens with one attached hydrogen (secondary N) is 2. The molecule has 1 aliphatic heterocycles. The SMILES string of the molecule is CCOc1ccc(C)cc1C(C)NC(=O)c1ccc2c(c1)CC(=O)N2. The van der Waals surface area contributed by atoms with Crippen LogP contribution in [0.25, 0.3) is 0 Å². The standard InChI is InChI=1S/C20H22N2O3/c1-4-25-18-8-5-12(2)9-16(18)13(3)21-20(24)14-6-7-17-15(10-14)11-19(23)22-17/h5-10,13H,4,11H2,1-3H3,(H,21,24)(H,22,23). The summed E-state index contributed by atoms with van der Waals surface area (Å²) in [6.45, 7) is 6.46. The second kappa shape index (κ2) is 6.97.